The van der Waals surface area contributed by atoms with Crippen LogP contribution in [0.15, 0.2) is 0 Å². The van der Waals surface area contributed by atoms with E-state index in [-0.39, 0.29) is 30.8 Å². The Morgan fingerprint density at radius 1 is 1.09 bits per heavy atom. The molecule has 176 valence electrons. The van der Waals surface area contributed by atoms with Crippen molar-refractivity contribution in [3.8, 4) is 0 Å². The summed E-state index contributed by atoms with van der Waals surface area (Å²) in [6.45, 7) is 8.45. The molecule has 3 rings (SSSR count). The zero-order chi connectivity index (χ0) is 23.3. The average Bonchev–Trinajstić information content (AvgIpc) is 3.42. The fourth-order valence-electron chi connectivity index (χ4n) is 3.72. The van der Waals surface area contributed by atoms with Crippen molar-refractivity contribution in [1.29, 1.82) is 0 Å². The molecule has 0 aliphatic carbocycles. The van der Waals surface area contributed by atoms with Crippen molar-refractivity contribution in [3.63, 3.8) is 0 Å². The predicted molar refractivity (Wildman–Crippen MR) is 124 cm³/mol. The number of carbonyl (C=O) groups excluding carboxylic acids is 3. The maximum atomic E-state index is 12.6. The molecule has 0 radical (unpaired) electrons. The molecule has 9 nitrogen and oxygen atoms in total. The fourth-order valence-corrected chi connectivity index (χ4v) is 5.16. The Labute approximate surface area is 197 Å². The number of ether oxygens (including phenoxy) is 3. The Morgan fingerprint density at radius 3 is 2.31 bits per heavy atom. The third kappa shape index (κ3) is 5.38. The molecule has 2 saturated heterocycles. The SMILES string of the molecule is CCOC(=O)c1sc(NC(=S)N2CCN(C(=O)[C@H]3CCCO3)CC2)c(C(=O)OCC)c1C. The fraction of sp³-hybridized carbons (Fsp3) is 0.619. The van der Waals surface area contributed by atoms with Gasteiger partial charge in [0.05, 0.1) is 18.8 Å². The third-order valence-corrected chi connectivity index (χ3v) is 6.94. The Kier molecular flexibility index (Phi) is 8.44. The van der Waals surface area contributed by atoms with Crippen LogP contribution in [0.2, 0.25) is 0 Å². The minimum absolute atomic E-state index is 0.0404. The number of esters is 2. The van der Waals surface area contributed by atoms with Crippen LogP contribution in [0.5, 0.6) is 0 Å². The number of carbonyl (C=O) groups is 3. The highest BCUT2D eigenvalue weighted by molar-refractivity contribution is 7.80. The highest BCUT2D eigenvalue weighted by atomic mass is 32.1. The number of hydrogen-bond acceptors (Lipinski definition) is 8. The summed E-state index contributed by atoms with van der Waals surface area (Å²) in [6, 6.07) is 0. The van der Waals surface area contributed by atoms with Crippen LogP contribution in [0.1, 0.15) is 52.3 Å². The van der Waals surface area contributed by atoms with Crippen molar-refractivity contribution >= 4 is 51.5 Å². The van der Waals surface area contributed by atoms with E-state index < -0.39 is 11.9 Å². The van der Waals surface area contributed by atoms with Crippen molar-refractivity contribution in [2.75, 3.05) is 51.3 Å². The van der Waals surface area contributed by atoms with Crippen LogP contribution < -0.4 is 5.32 Å². The molecule has 32 heavy (non-hydrogen) atoms. The lowest BCUT2D eigenvalue weighted by Crippen LogP contribution is -2.53. The number of nitrogens with zero attached hydrogens (tertiary/aromatic N) is 2. The van der Waals surface area contributed by atoms with Crippen LogP contribution in [0.25, 0.3) is 0 Å². The van der Waals surface area contributed by atoms with E-state index in [2.05, 4.69) is 5.32 Å². The maximum absolute atomic E-state index is 12.6. The summed E-state index contributed by atoms with van der Waals surface area (Å²) < 4.78 is 15.8. The summed E-state index contributed by atoms with van der Waals surface area (Å²) in [6.07, 6.45) is 1.37. The third-order valence-electron chi connectivity index (χ3n) is 5.39. The number of thiophene rings is 1. The first kappa shape index (κ1) is 24.4. The standard InChI is InChI=1S/C21H29N3O6S2/c1-4-28-19(26)15-13(3)16(20(27)29-5-2)32-17(15)22-21(31)24-10-8-23(9-11-24)18(25)14-7-6-12-30-14/h14H,4-12H2,1-3H3,(H,22,31)/t14-/m1/s1. The van der Waals surface area contributed by atoms with E-state index >= 15 is 0 Å². The minimum Gasteiger partial charge on any atom is -0.462 e. The Morgan fingerprint density at radius 2 is 1.72 bits per heavy atom. The van der Waals surface area contributed by atoms with E-state index in [1.165, 1.54) is 0 Å². The molecule has 2 fully saturated rings. The van der Waals surface area contributed by atoms with Gasteiger partial charge in [0.25, 0.3) is 5.91 Å². The molecule has 1 N–H and O–H groups in total. The molecular formula is C21H29N3O6S2. The number of piperazine rings is 1. The molecule has 2 aliphatic rings. The van der Waals surface area contributed by atoms with Gasteiger partial charge in [-0.3, -0.25) is 4.79 Å². The Balaban J connectivity index is 1.68. The second-order valence-electron chi connectivity index (χ2n) is 7.45. The summed E-state index contributed by atoms with van der Waals surface area (Å²) in [7, 11) is 0. The van der Waals surface area contributed by atoms with Crippen molar-refractivity contribution in [2.45, 2.75) is 39.7 Å². The molecule has 0 unspecified atom stereocenters. The molecule has 11 heteroatoms. The molecule has 0 spiro atoms. The maximum Gasteiger partial charge on any atom is 0.348 e. The summed E-state index contributed by atoms with van der Waals surface area (Å²) in [4.78, 5) is 41.5. The Bertz CT molecular complexity index is 873. The van der Waals surface area contributed by atoms with E-state index in [9.17, 15) is 14.4 Å². The smallest absolute Gasteiger partial charge is 0.348 e. The van der Waals surface area contributed by atoms with Crippen molar-refractivity contribution in [2.24, 2.45) is 0 Å². The van der Waals surface area contributed by atoms with Crippen LogP contribution in [0, 0.1) is 6.92 Å². The highest BCUT2D eigenvalue weighted by Gasteiger charge is 2.32. The monoisotopic (exact) mass is 483 g/mol. The molecule has 0 aromatic carbocycles. The number of rotatable bonds is 6. The molecule has 3 heterocycles. The zero-order valence-electron chi connectivity index (χ0n) is 18.6. The van der Waals surface area contributed by atoms with Gasteiger partial charge in [-0.1, -0.05) is 0 Å². The molecule has 1 aromatic rings. The van der Waals surface area contributed by atoms with Gasteiger partial charge in [-0.05, 0) is 51.4 Å². The largest absolute Gasteiger partial charge is 0.462 e. The molecule has 1 atom stereocenters. The molecule has 0 saturated carbocycles. The highest BCUT2D eigenvalue weighted by Crippen LogP contribution is 2.34. The van der Waals surface area contributed by atoms with Gasteiger partial charge in [0.2, 0.25) is 0 Å². The van der Waals surface area contributed by atoms with E-state index in [0.717, 1.165) is 24.2 Å². The van der Waals surface area contributed by atoms with Gasteiger partial charge in [0.15, 0.2) is 5.11 Å². The van der Waals surface area contributed by atoms with Gasteiger partial charge in [0, 0.05) is 32.8 Å². The first-order valence-electron chi connectivity index (χ1n) is 10.8. The number of anilines is 1. The van der Waals surface area contributed by atoms with E-state index in [4.69, 9.17) is 26.4 Å². The summed E-state index contributed by atoms with van der Waals surface area (Å²) >= 11 is 6.69. The first-order chi connectivity index (χ1) is 15.4. The summed E-state index contributed by atoms with van der Waals surface area (Å²) in [5.74, 6) is -0.964. The Hall–Kier alpha value is -2.24. The molecule has 0 bridgehead atoms. The van der Waals surface area contributed by atoms with Crippen LogP contribution in [-0.2, 0) is 19.0 Å². The lowest BCUT2D eigenvalue weighted by atomic mass is 10.1. The van der Waals surface area contributed by atoms with Crippen molar-refractivity contribution in [1.82, 2.24) is 9.80 Å². The predicted octanol–water partition coefficient (Wildman–Crippen LogP) is 2.43. The van der Waals surface area contributed by atoms with Crippen LogP contribution in [0.3, 0.4) is 0 Å². The molecular weight excluding hydrogens is 454 g/mol. The zero-order valence-corrected chi connectivity index (χ0v) is 20.2. The normalized spacial score (nSPS) is 18.4. The van der Waals surface area contributed by atoms with Gasteiger partial charge < -0.3 is 29.3 Å². The van der Waals surface area contributed by atoms with Crippen LogP contribution >= 0.6 is 23.6 Å². The average molecular weight is 484 g/mol. The second-order valence-corrected chi connectivity index (χ2v) is 8.85. The molecule has 1 aromatic heterocycles. The second kappa shape index (κ2) is 11.1. The lowest BCUT2D eigenvalue weighted by molar-refractivity contribution is -0.142. The van der Waals surface area contributed by atoms with Gasteiger partial charge in [-0.2, -0.15) is 0 Å². The van der Waals surface area contributed by atoms with Gasteiger partial charge in [-0.25, -0.2) is 9.59 Å². The van der Waals surface area contributed by atoms with Crippen molar-refractivity contribution in [3.05, 3.63) is 16.0 Å². The summed E-state index contributed by atoms with van der Waals surface area (Å²) in [5, 5.41) is 3.99. The van der Waals surface area contributed by atoms with Gasteiger partial charge >= 0.3 is 11.9 Å². The van der Waals surface area contributed by atoms with Crippen LogP contribution in [-0.4, -0.2) is 84.9 Å². The van der Waals surface area contributed by atoms with E-state index in [1.807, 2.05) is 9.80 Å². The summed E-state index contributed by atoms with van der Waals surface area (Å²) in [5.41, 5.74) is 0.790. The van der Waals surface area contributed by atoms with Gasteiger partial charge in [0.1, 0.15) is 16.0 Å². The number of thiocarbonyl (C=S) groups is 1. The van der Waals surface area contributed by atoms with E-state index in [1.54, 1.807) is 20.8 Å². The van der Waals surface area contributed by atoms with Crippen molar-refractivity contribution < 1.29 is 28.6 Å². The topological polar surface area (TPSA) is 97.4 Å². The number of hydrogen-bond donors (Lipinski definition) is 1. The molecule has 1 amide bonds. The van der Waals surface area contributed by atoms with Crippen LogP contribution in [0.4, 0.5) is 5.00 Å². The van der Waals surface area contributed by atoms with E-state index in [0.29, 0.717) is 53.3 Å². The molecule has 2 aliphatic heterocycles. The van der Waals surface area contributed by atoms with Gasteiger partial charge in [-0.15, -0.1) is 11.3 Å². The quantitative estimate of drug-likeness (QED) is 0.483. The number of nitrogens with one attached hydrogen (secondary N) is 1. The first-order valence-corrected chi connectivity index (χ1v) is 12.0. The minimum atomic E-state index is -0.519. The lowest BCUT2D eigenvalue weighted by Gasteiger charge is -2.37. The number of amides is 1.